The minimum Gasteiger partial charge on any atom is -0.368 e. The number of sulfonamides is 1. The van der Waals surface area contributed by atoms with Gasteiger partial charge in [0, 0.05) is 36.9 Å². The monoisotopic (exact) mass is 451 g/mol. The molecule has 1 heterocycles. The van der Waals surface area contributed by atoms with E-state index >= 15 is 0 Å². The Kier molecular flexibility index (Phi) is 6.11. The van der Waals surface area contributed by atoms with Crippen LogP contribution in [0.2, 0.25) is 0 Å². The highest BCUT2D eigenvalue weighted by molar-refractivity contribution is 7.89. The van der Waals surface area contributed by atoms with Crippen LogP contribution in [0.15, 0.2) is 47.4 Å². The Labute approximate surface area is 178 Å². The van der Waals surface area contributed by atoms with E-state index in [1.165, 1.54) is 52.5 Å². The molecule has 1 aliphatic heterocycles. The first kappa shape index (κ1) is 22.8. The maximum Gasteiger partial charge on any atom is 0.418 e. The van der Waals surface area contributed by atoms with Crippen LogP contribution in [0, 0.1) is 11.3 Å². The van der Waals surface area contributed by atoms with E-state index in [1.54, 1.807) is 13.0 Å². The summed E-state index contributed by atoms with van der Waals surface area (Å²) in [7, 11) is -3.93. The lowest BCUT2D eigenvalue weighted by Crippen LogP contribution is -2.54. The van der Waals surface area contributed by atoms with Crippen molar-refractivity contribution >= 4 is 21.5 Å². The van der Waals surface area contributed by atoms with E-state index in [0.717, 1.165) is 6.07 Å². The molecular formula is C21H20F3N3O3S. The first-order valence-corrected chi connectivity index (χ1v) is 10.9. The van der Waals surface area contributed by atoms with Gasteiger partial charge in [-0.3, -0.25) is 4.79 Å². The molecule has 1 atom stereocenters. The van der Waals surface area contributed by atoms with Gasteiger partial charge >= 0.3 is 6.18 Å². The fraction of sp³-hybridized carbons (Fsp3) is 0.333. The summed E-state index contributed by atoms with van der Waals surface area (Å²) in [6.07, 6.45) is -4.65. The first-order valence-electron chi connectivity index (χ1n) is 9.44. The molecule has 1 fully saturated rings. The van der Waals surface area contributed by atoms with Crippen LogP contribution in [0.5, 0.6) is 0 Å². The van der Waals surface area contributed by atoms with Crippen molar-refractivity contribution in [2.45, 2.75) is 31.0 Å². The molecule has 6 nitrogen and oxygen atoms in total. The smallest absolute Gasteiger partial charge is 0.368 e. The molecule has 2 aromatic carbocycles. The average molecular weight is 451 g/mol. The fourth-order valence-corrected chi connectivity index (χ4v) is 5.30. The van der Waals surface area contributed by atoms with Crippen molar-refractivity contribution in [1.29, 1.82) is 5.26 Å². The van der Waals surface area contributed by atoms with Gasteiger partial charge in [0.1, 0.15) is 0 Å². The van der Waals surface area contributed by atoms with E-state index in [1.807, 2.05) is 0 Å². The molecule has 0 aliphatic carbocycles. The van der Waals surface area contributed by atoms with Crippen molar-refractivity contribution in [2.24, 2.45) is 0 Å². The second-order valence-corrected chi connectivity index (χ2v) is 9.23. The van der Waals surface area contributed by atoms with E-state index in [0.29, 0.717) is 0 Å². The van der Waals surface area contributed by atoms with Crippen LogP contribution in [0.3, 0.4) is 0 Å². The van der Waals surface area contributed by atoms with Gasteiger partial charge in [-0.05, 0) is 44.2 Å². The Balaban J connectivity index is 1.89. The number of benzene rings is 2. The van der Waals surface area contributed by atoms with Crippen molar-refractivity contribution in [3.05, 3.63) is 59.2 Å². The van der Waals surface area contributed by atoms with Gasteiger partial charge in [0.15, 0.2) is 5.78 Å². The van der Waals surface area contributed by atoms with E-state index in [9.17, 15) is 26.4 Å². The van der Waals surface area contributed by atoms with Gasteiger partial charge in [-0.25, -0.2) is 8.42 Å². The highest BCUT2D eigenvalue weighted by Gasteiger charge is 2.39. The SMILES string of the molecule is CC(=O)c1cccc(S(=O)(=O)N2CCN(c3ccc(C#N)cc3C(F)(F)F)C[C@H]2C)c1. The number of piperazine rings is 1. The summed E-state index contributed by atoms with van der Waals surface area (Å²) in [6.45, 7) is 3.02. The molecule has 2 aromatic rings. The fourth-order valence-electron chi connectivity index (χ4n) is 3.64. The largest absolute Gasteiger partial charge is 0.418 e. The molecule has 0 aromatic heterocycles. The number of ketones is 1. The van der Waals surface area contributed by atoms with Gasteiger partial charge in [0.05, 0.1) is 22.1 Å². The number of carbonyl (C=O) groups excluding carboxylic acids is 1. The van der Waals surface area contributed by atoms with Crippen LogP contribution in [0.4, 0.5) is 18.9 Å². The molecule has 3 rings (SSSR count). The highest BCUT2D eigenvalue weighted by atomic mass is 32.2. The van der Waals surface area contributed by atoms with Crippen LogP contribution < -0.4 is 4.90 Å². The minimum atomic E-state index is -4.65. The minimum absolute atomic E-state index is 0.0227. The molecule has 0 saturated carbocycles. The van der Waals surface area contributed by atoms with E-state index in [4.69, 9.17) is 5.26 Å². The van der Waals surface area contributed by atoms with E-state index in [-0.39, 0.29) is 47.1 Å². The average Bonchev–Trinajstić information content (AvgIpc) is 2.72. The van der Waals surface area contributed by atoms with Crippen LogP contribution in [-0.4, -0.2) is 44.2 Å². The van der Waals surface area contributed by atoms with Gasteiger partial charge in [-0.15, -0.1) is 0 Å². The zero-order chi connectivity index (χ0) is 23.0. The number of Topliss-reactive ketones (excluding diaryl/α,β-unsaturated/α-hetero) is 1. The number of alkyl halides is 3. The Morgan fingerprint density at radius 2 is 1.87 bits per heavy atom. The summed E-state index contributed by atoms with van der Waals surface area (Å²) in [5.41, 5.74) is -0.853. The number of carbonyl (C=O) groups is 1. The number of nitriles is 1. The lowest BCUT2D eigenvalue weighted by atomic mass is 10.1. The summed E-state index contributed by atoms with van der Waals surface area (Å²) in [5, 5.41) is 8.93. The zero-order valence-electron chi connectivity index (χ0n) is 16.8. The maximum absolute atomic E-state index is 13.5. The topological polar surface area (TPSA) is 81.5 Å². The number of hydrogen-bond acceptors (Lipinski definition) is 5. The Morgan fingerprint density at radius 3 is 2.45 bits per heavy atom. The summed E-state index contributed by atoms with van der Waals surface area (Å²) < 4.78 is 68.1. The summed E-state index contributed by atoms with van der Waals surface area (Å²) in [5.74, 6) is -0.268. The predicted octanol–water partition coefficient (Wildman–Crippen LogP) is 3.68. The molecule has 0 amide bonds. The standard InChI is InChI=1S/C21H20F3N3O3S/c1-14-13-26(20-7-6-16(12-25)10-19(20)21(22,23)24)8-9-27(14)31(29,30)18-5-3-4-17(11-18)15(2)28/h3-7,10-11,14H,8-9,13H2,1-2H3/t14-/m1/s1. The molecule has 10 heteroatoms. The third-order valence-electron chi connectivity index (χ3n) is 5.19. The number of rotatable bonds is 4. The molecule has 0 spiro atoms. The molecule has 0 unspecified atom stereocenters. The van der Waals surface area contributed by atoms with Crippen LogP contribution in [0.25, 0.3) is 0 Å². The number of anilines is 1. The lowest BCUT2D eigenvalue weighted by Gasteiger charge is -2.40. The normalized spacial score (nSPS) is 17.9. The quantitative estimate of drug-likeness (QED) is 0.663. The molecule has 1 aliphatic rings. The van der Waals surface area contributed by atoms with Crippen LogP contribution >= 0.6 is 0 Å². The summed E-state index contributed by atoms with van der Waals surface area (Å²) >= 11 is 0. The molecule has 164 valence electrons. The predicted molar refractivity (Wildman–Crippen MR) is 108 cm³/mol. The van der Waals surface area contributed by atoms with Gasteiger partial charge < -0.3 is 4.90 Å². The molecule has 0 radical (unpaired) electrons. The number of halogens is 3. The molecule has 31 heavy (non-hydrogen) atoms. The van der Waals surface area contributed by atoms with Crippen molar-refractivity contribution < 1.29 is 26.4 Å². The number of nitrogens with zero attached hydrogens (tertiary/aromatic N) is 3. The van der Waals surface area contributed by atoms with Crippen molar-refractivity contribution in [2.75, 3.05) is 24.5 Å². The Morgan fingerprint density at radius 1 is 1.16 bits per heavy atom. The van der Waals surface area contributed by atoms with Crippen LogP contribution in [0.1, 0.15) is 35.3 Å². The second-order valence-electron chi connectivity index (χ2n) is 7.34. The van der Waals surface area contributed by atoms with Gasteiger partial charge in [-0.2, -0.15) is 22.7 Å². The summed E-state index contributed by atoms with van der Waals surface area (Å²) in [4.78, 5) is 13.0. The van der Waals surface area contributed by atoms with Crippen molar-refractivity contribution in [1.82, 2.24) is 4.31 Å². The van der Waals surface area contributed by atoms with E-state index < -0.39 is 27.8 Å². The van der Waals surface area contributed by atoms with Crippen molar-refractivity contribution in [3.8, 4) is 6.07 Å². The molecular weight excluding hydrogens is 431 g/mol. The second kappa shape index (κ2) is 8.32. The zero-order valence-corrected chi connectivity index (χ0v) is 17.7. The third kappa shape index (κ3) is 4.57. The first-order chi connectivity index (χ1) is 14.4. The van der Waals surface area contributed by atoms with Gasteiger partial charge in [0.25, 0.3) is 0 Å². The Hall–Kier alpha value is -2.90. The summed E-state index contributed by atoms with van der Waals surface area (Å²) in [6, 6.07) is 10.1. The van der Waals surface area contributed by atoms with Crippen LogP contribution in [-0.2, 0) is 16.2 Å². The van der Waals surface area contributed by atoms with Crippen molar-refractivity contribution in [3.63, 3.8) is 0 Å². The maximum atomic E-state index is 13.5. The molecule has 0 bridgehead atoms. The molecule has 1 saturated heterocycles. The van der Waals surface area contributed by atoms with Gasteiger partial charge in [-0.1, -0.05) is 12.1 Å². The third-order valence-corrected chi connectivity index (χ3v) is 7.20. The highest BCUT2D eigenvalue weighted by Crippen LogP contribution is 2.38. The molecule has 0 N–H and O–H groups in total. The van der Waals surface area contributed by atoms with E-state index in [2.05, 4.69) is 0 Å². The Bertz CT molecular complexity index is 1160. The van der Waals surface area contributed by atoms with Gasteiger partial charge in [0.2, 0.25) is 10.0 Å². The number of hydrogen-bond donors (Lipinski definition) is 0. The lowest BCUT2D eigenvalue weighted by molar-refractivity contribution is -0.137.